The number of alkyl halides is 6. The Kier molecular flexibility index (Phi) is 7.53. The van der Waals surface area contributed by atoms with E-state index in [1.165, 1.54) is 39.0 Å². The standard InChI is InChI=1S/C27H23F6N5O6S/c1-24(2,39)23-36-22(37-44-23)25(3,40)15-5-10-18-19(12-15)38(13-14-4-11-20(26(28,29)30)35-21(14)34-18)45(41,42)17-8-6-16(7-9-17)43-27(31,32)33/h4-12,39-40H,13H2,1-3H3,(H,34,35). The molecule has 0 fully saturated rings. The highest BCUT2D eigenvalue weighted by Crippen LogP contribution is 2.42. The number of halogens is 6. The highest BCUT2D eigenvalue weighted by Gasteiger charge is 2.39. The van der Waals surface area contributed by atoms with Gasteiger partial charge in [0.05, 0.1) is 22.8 Å². The van der Waals surface area contributed by atoms with Gasteiger partial charge in [-0.15, -0.1) is 13.2 Å². The quantitative estimate of drug-likeness (QED) is 0.232. The van der Waals surface area contributed by atoms with Crippen LogP contribution in [0.4, 0.5) is 43.5 Å². The number of hydrogen-bond acceptors (Lipinski definition) is 10. The van der Waals surface area contributed by atoms with E-state index >= 15 is 0 Å². The van der Waals surface area contributed by atoms with Crippen LogP contribution in [0.15, 0.2) is 64.0 Å². The van der Waals surface area contributed by atoms with Crippen molar-refractivity contribution in [3.63, 3.8) is 0 Å². The number of nitrogens with one attached hydrogen (secondary N) is 1. The zero-order valence-electron chi connectivity index (χ0n) is 23.4. The molecule has 0 radical (unpaired) electrons. The Balaban J connectivity index is 1.64. The normalized spacial score (nSPS) is 15.4. The van der Waals surface area contributed by atoms with Gasteiger partial charge in [-0.2, -0.15) is 18.2 Å². The molecule has 0 aliphatic carbocycles. The van der Waals surface area contributed by atoms with Gasteiger partial charge in [0.25, 0.3) is 15.9 Å². The number of nitrogens with zero attached hydrogens (tertiary/aromatic N) is 4. The van der Waals surface area contributed by atoms with Gasteiger partial charge < -0.3 is 24.8 Å². The summed E-state index contributed by atoms with van der Waals surface area (Å²) in [5, 5.41) is 28.1. The summed E-state index contributed by atoms with van der Waals surface area (Å²) in [5.41, 5.74) is -5.01. The molecule has 45 heavy (non-hydrogen) atoms. The van der Waals surface area contributed by atoms with Crippen LogP contribution in [-0.4, -0.2) is 40.1 Å². The molecule has 18 heteroatoms. The minimum absolute atomic E-state index is 0.00941. The monoisotopic (exact) mass is 659 g/mol. The van der Waals surface area contributed by atoms with E-state index in [0.29, 0.717) is 6.07 Å². The molecule has 2 aromatic carbocycles. The lowest BCUT2D eigenvalue weighted by Crippen LogP contribution is -2.31. The number of fused-ring (bicyclic) bond motifs is 2. The molecule has 2 aromatic heterocycles. The first-order valence-corrected chi connectivity index (χ1v) is 14.3. The first-order valence-electron chi connectivity index (χ1n) is 12.8. The molecule has 0 bridgehead atoms. The molecule has 1 aliphatic heterocycles. The Morgan fingerprint density at radius 3 is 2.18 bits per heavy atom. The van der Waals surface area contributed by atoms with E-state index in [9.17, 15) is 45.0 Å². The van der Waals surface area contributed by atoms with Gasteiger partial charge in [-0.1, -0.05) is 17.3 Å². The van der Waals surface area contributed by atoms with Crippen molar-refractivity contribution in [3.8, 4) is 5.75 Å². The summed E-state index contributed by atoms with van der Waals surface area (Å²) >= 11 is 0. The number of benzene rings is 2. The van der Waals surface area contributed by atoms with Crippen LogP contribution in [0.5, 0.6) is 5.75 Å². The third-order valence-corrected chi connectivity index (χ3v) is 8.47. The van der Waals surface area contributed by atoms with Crippen LogP contribution in [-0.2, 0) is 33.9 Å². The smallest absolute Gasteiger partial charge is 0.406 e. The second-order valence-corrected chi connectivity index (χ2v) is 12.5. The van der Waals surface area contributed by atoms with Crippen molar-refractivity contribution in [3.05, 3.63) is 83.1 Å². The Bertz CT molecular complexity index is 1850. The third-order valence-electron chi connectivity index (χ3n) is 6.69. The Morgan fingerprint density at radius 2 is 1.60 bits per heavy atom. The molecule has 5 rings (SSSR count). The van der Waals surface area contributed by atoms with Crippen molar-refractivity contribution < 1.29 is 54.2 Å². The lowest BCUT2D eigenvalue weighted by Gasteiger charge is -2.27. The first-order chi connectivity index (χ1) is 20.7. The van der Waals surface area contributed by atoms with Gasteiger partial charge in [-0.3, -0.25) is 4.31 Å². The molecule has 1 atom stereocenters. The number of aliphatic hydroxyl groups is 2. The molecule has 11 nitrogen and oxygen atoms in total. The topological polar surface area (TPSA) is 151 Å². The predicted molar refractivity (Wildman–Crippen MR) is 144 cm³/mol. The van der Waals surface area contributed by atoms with Crippen LogP contribution in [0.2, 0.25) is 0 Å². The van der Waals surface area contributed by atoms with Crippen LogP contribution >= 0.6 is 0 Å². The number of pyridine rings is 1. The summed E-state index contributed by atoms with van der Waals surface area (Å²) in [6.45, 7) is 3.43. The van der Waals surface area contributed by atoms with Crippen LogP contribution in [0.1, 0.15) is 49.3 Å². The summed E-state index contributed by atoms with van der Waals surface area (Å²) in [5.74, 6) is -1.50. The van der Waals surface area contributed by atoms with Gasteiger partial charge in [0.1, 0.15) is 28.5 Å². The van der Waals surface area contributed by atoms with Gasteiger partial charge in [0, 0.05) is 5.56 Å². The van der Waals surface area contributed by atoms with Crippen LogP contribution in [0.3, 0.4) is 0 Å². The first kappa shape index (κ1) is 32.0. The van der Waals surface area contributed by atoms with Crippen molar-refractivity contribution in [1.29, 1.82) is 0 Å². The largest absolute Gasteiger partial charge is 0.573 e. The number of aromatic nitrogens is 3. The highest BCUT2D eigenvalue weighted by molar-refractivity contribution is 7.92. The van der Waals surface area contributed by atoms with E-state index in [0.717, 1.165) is 34.6 Å². The zero-order chi connectivity index (χ0) is 33.2. The van der Waals surface area contributed by atoms with E-state index in [-0.39, 0.29) is 40.0 Å². The number of rotatable bonds is 6. The van der Waals surface area contributed by atoms with E-state index in [1.54, 1.807) is 0 Å². The van der Waals surface area contributed by atoms with Crippen molar-refractivity contribution in [2.75, 3.05) is 9.62 Å². The number of ether oxygens (including phenoxy) is 1. The molecule has 4 aromatic rings. The zero-order valence-corrected chi connectivity index (χ0v) is 24.2. The molecule has 0 saturated carbocycles. The molecule has 240 valence electrons. The molecule has 3 heterocycles. The Labute approximate surface area is 251 Å². The maximum Gasteiger partial charge on any atom is 0.573 e. The maximum atomic E-state index is 14.0. The molecule has 0 spiro atoms. The summed E-state index contributed by atoms with van der Waals surface area (Å²) in [6, 6.07) is 8.89. The van der Waals surface area contributed by atoms with Crippen molar-refractivity contribution in [2.24, 2.45) is 0 Å². The van der Waals surface area contributed by atoms with E-state index in [2.05, 4.69) is 25.2 Å². The van der Waals surface area contributed by atoms with Gasteiger partial charge in [0.15, 0.2) is 0 Å². The molecule has 3 N–H and O–H groups in total. The molecule has 0 saturated heterocycles. The van der Waals surface area contributed by atoms with Crippen molar-refractivity contribution in [2.45, 2.75) is 56.0 Å². The number of anilines is 3. The van der Waals surface area contributed by atoms with Crippen LogP contribution < -0.4 is 14.4 Å². The van der Waals surface area contributed by atoms with Crippen LogP contribution in [0, 0.1) is 0 Å². The fraction of sp³-hybridized carbons (Fsp3) is 0.296. The summed E-state index contributed by atoms with van der Waals surface area (Å²) < 4.78 is 116. The summed E-state index contributed by atoms with van der Waals surface area (Å²) in [7, 11) is -4.64. The summed E-state index contributed by atoms with van der Waals surface area (Å²) in [6.07, 6.45) is -9.84. The Morgan fingerprint density at radius 1 is 0.933 bits per heavy atom. The lowest BCUT2D eigenvalue weighted by molar-refractivity contribution is -0.274. The van der Waals surface area contributed by atoms with Gasteiger partial charge >= 0.3 is 12.5 Å². The fourth-order valence-electron chi connectivity index (χ4n) is 4.35. The van der Waals surface area contributed by atoms with Gasteiger partial charge in [-0.25, -0.2) is 13.4 Å². The molecule has 1 unspecified atom stereocenters. The predicted octanol–water partition coefficient (Wildman–Crippen LogP) is 5.32. The fourth-order valence-corrected chi connectivity index (χ4v) is 5.80. The summed E-state index contributed by atoms with van der Waals surface area (Å²) in [4.78, 5) is 7.20. The van der Waals surface area contributed by atoms with E-state index < -0.39 is 56.6 Å². The third kappa shape index (κ3) is 6.38. The molecular weight excluding hydrogens is 636 g/mol. The minimum atomic E-state index is -5.03. The minimum Gasteiger partial charge on any atom is -0.406 e. The van der Waals surface area contributed by atoms with Crippen molar-refractivity contribution >= 4 is 27.2 Å². The molecule has 1 aliphatic rings. The van der Waals surface area contributed by atoms with Crippen LogP contribution in [0.25, 0.3) is 0 Å². The number of sulfonamides is 1. The van der Waals surface area contributed by atoms with Gasteiger partial charge in [-0.05, 0) is 68.8 Å². The lowest BCUT2D eigenvalue weighted by atomic mass is 9.94. The number of hydrogen-bond donors (Lipinski definition) is 3. The van der Waals surface area contributed by atoms with E-state index in [1.807, 2.05) is 0 Å². The Hall–Kier alpha value is -4.42. The average Bonchev–Trinajstić information content (AvgIpc) is 3.37. The second-order valence-electron chi connectivity index (χ2n) is 10.6. The molecular formula is C27H23F6N5O6S. The van der Waals surface area contributed by atoms with Crippen molar-refractivity contribution in [1.82, 2.24) is 15.1 Å². The average molecular weight is 660 g/mol. The second kappa shape index (κ2) is 10.6. The SMILES string of the molecule is CC(C)(O)c1nc(C(C)(O)c2ccc3c(c2)N(S(=O)(=O)c2ccc(OC(F)(F)F)cc2)Cc2ccc(C(F)(F)F)nc2N3)no1. The highest BCUT2D eigenvalue weighted by atomic mass is 32.2. The molecule has 0 amide bonds. The van der Waals surface area contributed by atoms with E-state index in [4.69, 9.17) is 4.52 Å². The van der Waals surface area contributed by atoms with Gasteiger partial charge in [0.2, 0.25) is 5.82 Å². The maximum absolute atomic E-state index is 14.0.